The number of carboxylic acids is 4. The van der Waals surface area contributed by atoms with Crippen LogP contribution < -0.4 is 27.4 Å². The summed E-state index contributed by atoms with van der Waals surface area (Å²) in [5, 5.41) is 42.3. The van der Waals surface area contributed by atoms with E-state index in [4.69, 9.17) is 26.8 Å². The second-order valence-corrected chi connectivity index (χ2v) is 7.88. The lowest BCUT2D eigenvalue weighted by atomic mass is 10.1. The van der Waals surface area contributed by atoms with Crippen molar-refractivity contribution < 1.29 is 54.0 Å². The third kappa shape index (κ3) is 13.8. The highest BCUT2D eigenvalue weighted by Gasteiger charge is 2.32. The maximum Gasteiger partial charge on any atom is 0.326 e. The molecule has 36 heavy (non-hydrogen) atoms. The van der Waals surface area contributed by atoms with Crippen molar-refractivity contribution in [2.24, 2.45) is 11.5 Å². The van der Waals surface area contributed by atoms with Crippen LogP contribution in [0.3, 0.4) is 0 Å². The number of carboxylic acid groups (broad SMARTS) is 4. The summed E-state index contributed by atoms with van der Waals surface area (Å²) in [6, 6.07) is -6.04. The number of hydrogen-bond donors (Lipinski definition) is 9. The molecule has 0 aliphatic heterocycles. The maximum atomic E-state index is 12.8. The smallest absolute Gasteiger partial charge is 0.326 e. The topological polar surface area (TPSA) is 289 Å². The van der Waals surface area contributed by atoms with Gasteiger partial charge >= 0.3 is 23.9 Å². The van der Waals surface area contributed by atoms with E-state index < -0.39 is 97.9 Å². The largest absolute Gasteiger partial charge is 0.481 e. The van der Waals surface area contributed by atoms with Gasteiger partial charge in [-0.15, -0.1) is 0 Å². The Kier molecular flexibility index (Phi) is 15.0. The second kappa shape index (κ2) is 16.8. The van der Waals surface area contributed by atoms with Gasteiger partial charge in [0.2, 0.25) is 17.7 Å². The van der Waals surface area contributed by atoms with E-state index in [1.807, 2.05) is 5.32 Å². The lowest BCUT2D eigenvalue weighted by Crippen LogP contribution is -2.57. The second-order valence-electron chi connectivity index (χ2n) is 7.88. The van der Waals surface area contributed by atoms with Gasteiger partial charge in [0.05, 0.1) is 12.5 Å². The highest BCUT2D eigenvalue weighted by Crippen LogP contribution is 2.05. The van der Waals surface area contributed by atoms with E-state index in [0.29, 0.717) is 19.4 Å². The molecule has 0 aromatic carbocycles. The minimum Gasteiger partial charge on any atom is -0.481 e. The van der Waals surface area contributed by atoms with Crippen LogP contribution in [0.5, 0.6) is 0 Å². The first-order valence-corrected chi connectivity index (χ1v) is 11.0. The van der Waals surface area contributed by atoms with Crippen LogP contribution >= 0.6 is 0 Å². The highest BCUT2D eigenvalue weighted by molar-refractivity contribution is 5.95. The summed E-state index contributed by atoms with van der Waals surface area (Å²) in [6.07, 6.45) is -1.74. The fourth-order valence-electron chi connectivity index (χ4n) is 2.91. The molecule has 3 amide bonds. The number of amides is 3. The van der Waals surface area contributed by atoms with Crippen LogP contribution in [-0.2, 0) is 33.6 Å². The summed E-state index contributed by atoms with van der Waals surface area (Å²) < 4.78 is 0. The first-order valence-electron chi connectivity index (χ1n) is 11.0. The number of rotatable bonds is 19. The summed E-state index contributed by atoms with van der Waals surface area (Å²) in [4.78, 5) is 81.8. The fraction of sp³-hybridized carbons (Fsp3) is 0.650. The Morgan fingerprint density at radius 3 is 1.56 bits per heavy atom. The summed E-state index contributed by atoms with van der Waals surface area (Å²) in [5.74, 6) is -8.86. The van der Waals surface area contributed by atoms with Crippen molar-refractivity contribution in [1.82, 2.24) is 16.0 Å². The molecule has 0 radical (unpaired) electrons. The van der Waals surface area contributed by atoms with E-state index in [2.05, 4.69) is 10.6 Å². The molecule has 0 aromatic heterocycles. The van der Waals surface area contributed by atoms with Crippen molar-refractivity contribution in [2.75, 3.05) is 6.54 Å². The van der Waals surface area contributed by atoms with Crippen LogP contribution in [0.4, 0.5) is 0 Å². The molecule has 0 bridgehead atoms. The number of hydrogen-bond acceptors (Lipinski definition) is 9. The number of nitrogens with one attached hydrogen (secondary N) is 3. The molecule has 11 N–H and O–H groups in total. The molecule has 16 nitrogen and oxygen atoms in total. The number of carbonyl (C=O) groups is 7. The Hall–Kier alpha value is -3.79. The minimum atomic E-state index is -1.82. The van der Waals surface area contributed by atoms with Crippen molar-refractivity contribution in [2.45, 2.75) is 75.5 Å². The maximum absolute atomic E-state index is 12.8. The number of unbranched alkanes of at least 4 members (excludes halogenated alkanes) is 1. The van der Waals surface area contributed by atoms with Gasteiger partial charge in [0.1, 0.15) is 18.1 Å². The van der Waals surface area contributed by atoms with Gasteiger partial charge < -0.3 is 47.8 Å². The fourth-order valence-corrected chi connectivity index (χ4v) is 2.91. The molecular weight excluding hydrogens is 486 g/mol. The molecule has 0 fully saturated rings. The predicted octanol–water partition coefficient (Wildman–Crippen LogP) is -2.81. The van der Waals surface area contributed by atoms with Crippen LogP contribution in [-0.4, -0.2) is 92.7 Å². The molecule has 0 saturated carbocycles. The van der Waals surface area contributed by atoms with Gasteiger partial charge in [-0.2, -0.15) is 0 Å². The van der Waals surface area contributed by atoms with Gasteiger partial charge in [0.15, 0.2) is 0 Å². The molecule has 0 rings (SSSR count). The zero-order valence-corrected chi connectivity index (χ0v) is 19.5. The predicted molar refractivity (Wildman–Crippen MR) is 120 cm³/mol. The van der Waals surface area contributed by atoms with Crippen molar-refractivity contribution in [1.29, 1.82) is 0 Å². The van der Waals surface area contributed by atoms with Gasteiger partial charge in [0, 0.05) is 12.8 Å². The zero-order chi connectivity index (χ0) is 27.8. The Morgan fingerprint density at radius 2 is 1.08 bits per heavy atom. The van der Waals surface area contributed by atoms with E-state index in [9.17, 15) is 38.7 Å². The number of carbonyl (C=O) groups excluding carboxylic acids is 3. The molecule has 204 valence electrons. The first-order chi connectivity index (χ1) is 16.8. The SMILES string of the molecule is NCCCCC(N)C(=O)NC(CCC(=O)O)C(=O)NC(CC(=O)O)C(=O)NC(CCC(=O)O)C(=O)O. The molecule has 4 atom stereocenters. The van der Waals surface area contributed by atoms with E-state index in [1.54, 1.807) is 0 Å². The standard InChI is InChI=1S/C20H33N5O11/c21-8-2-1-3-10(22)17(32)23-11(4-6-14(26)27)18(33)25-13(9-16(30)31)19(34)24-12(20(35)36)5-7-15(28)29/h10-13H,1-9,21-22H2,(H,23,32)(H,24,34)(H,25,33)(H,26,27)(H,28,29)(H,30,31)(H,35,36). The van der Waals surface area contributed by atoms with E-state index in [1.165, 1.54) is 0 Å². The quantitative estimate of drug-likeness (QED) is 0.0779. The molecule has 0 aromatic rings. The Morgan fingerprint density at radius 1 is 0.611 bits per heavy atom. The Bertz CT molecular complexity index is 820. The summed E-state index contributed by atoms with van der Waals surface area (Å²) in [6.45, 7) is 0.379. The molecule has 0 aliphatic carbocycles. The van der Waals surface area contributed by atoms with Gasteiger partial charge in [-0.25, -0.2) is 4.79 Å². The van der Waals surface area contributed by atoms with Gasteiger partial charge in [-0.05, 0) is 32.2 Å². The first kappa shape index (κ1) is 32.2. The lowest BCUT2D eigenvalue weighted by molar-refractivity contribution is -0.144. The number of aliphatic carboxylic acids is 4. The van der Waals surface area contributed by atoms with Gasteiger partial charge in [-0.3, -0.25) is 28.8 Å². The average Bonchev–Trinajstić information content (AvgIpc) is 2.77. The normalized spacial score (nSPS) is 13.9. The summed E-state index contributed by atoms with van der Waals surface area (Å²) in [5.41, 5.74) is 11.1. The van der Waals surface area contributed by atoms with E-state index in [-0.39, 0.29) is 6.42 Å². The van der Waals surface area contributed by atoms with Crippen molar-refractivity contribution in [3.63, 3.8) is 0 Å². The molecule has 0 heterocycles. The monoisotopic (exact) mass is 519 g/mol. The summed E-state index contributed by atoms with van der Waals surface area (Å²) >= 11 is 0. The van der Waals surface area contributed by atoms with Crippen LogP contribution in [0.2, 0.25) is 0 Å². The van der Waals surface area contributed by atoms with Crippen molar-refractivity contribution in [3.05, 3.63) is 0 Å². The average molecular weight is 520 g/mol. The lowest BCUT2D eigenvalue weighted by Gasteiger charge is -2.24. The summed E-state index contributed by atoms with van der Waals surface area (Å²) in [7, 11) is 0. The van der Waals surface area contributed by atoms with Crippen LogP contribution in [0, 0.1) is 0 Å². The molecule has 4 unspecified atom stereocenters. The third-order valence-corrected chi connectivity index (χ3v) is 4.86. The van der Waals surface area contributed by atoms with Crippen LogP contribution in [0.25, 0.3) is 0 Å². The van der Waals surface area contributed by atoms with E-state index in [0.717, 1.165) is 0 Å². The van der Waals surface area contributed by atoms with E-state index >= 15 is 0 Å². The third-order valence-electron chi connectivity index (χ3n) is 4.86. The van der Waals surface area contributed by atoms with Crippen molar-refractivity contribution in [3.8, 4) is 0 Å². The number of nitrogens with two attached hydrogens (primary N) is 2. The van der Waals surface area contributed by atoms with Gasteiger partial charge in [-0.1, -0.05) is 6.42 Å². The molecule has 16 heteroatoms. The van der Waals surface area contributed by atoms with Crippen LogP contribution in [0.15, 0.2) is 0 Å². The Labute approximate surface area is 205 Å². The molecule has 0 spiro atoms. The van der Waals surface area contributed by atoms with Crippen molar-refractivity contribution >= 4 is 41.6 Å². The molecular formula is C20H33N5O11. The minimum absolute atomic E-state index is 0.229. The Balaban J connectivity index is 5.53. The molecule has 0 aliphatic rings. The molecule has 0 saturated heterocycles. The zero-order valence-electron chi connectivity index (χ0n) is 19.5. The van der Waals surface area contributed by atoms with Gasteiger partial charge in [0.25, 0.3) is 0 Å². The van der Waals surface area contributed by atoms with Crippen LogP contribution in [0.1, 0.15) is 51.4 Å². The highest BCUT2D eigenvalue weighted by atomic mass is 16.4.